The molecule has 0 aliphatic carbocycles. The number of aliphatic hydroxyl groups excluding tert-OH is 2. The van der Waals surface area contributed by atoms with Crippen LogP contribution in [0.1, 0.15) is 12.5 Å². The average Bonchev–Trinajstić information content (AvgIpc) is 2.27. The molecule has 0 aliphatic heterocycles. The summed E-state index contributed by atoms with van der Waals surface area (Å²) in [5.41, 5.74) is 5.81. The fourth-order valence-electron chi connectivity index (χ4n) is 0.985. The normalized spacial score (nSPS) is 14.7. The third kappa shape index (κ3) is 3.87. The maximum Gasteiger partial charge on any atom is 0.119 e. The number of ether oxygens (including phenoxy) is 1. The van der Waals surface area contributed by atoms with E-state index in [1.807, 2.05) is 0 Å². The Morgan fingerprint density at radius 3 is 2.33 bits per heavy atom. The van der Waals surface area contributed by atoms with Gasteiger partial charge >= 0.3 is 0 Å². The van der Waals surface area contributed by atoms with E-state index in [1.165, 1.54) is 0 Å². The fraction of sp³-hybridized carbons (Fsp3) is 0.455. The number of benzene rings is 1. The lowest BCUT2D eigenvalue weighted by atomic mass is 10.1. The third-order valence-electron chi connectivity index (χ3n) is 2.04. The first-order chi connectivity index (χ1) is 7.07. The van der Waals surface area contributed by atoms with Gasteiger partial charge in [-0.2, -0.15) is 0 Å². The summed E-state index contributed by atoms with van der Waals surface area (Å²) in [4.78, 5) is 0. The Bertz CT molecular complexity index is 295. The molecule has 0 aromatic heterocycles. The van der Waals surface area contributed by atoms with Crippen LogP contribution in [-0.2, 0) is 6.61 Å². The number of hydrogen-bond donors (Lipinski definition) is 3. The first kappa shape index (κ1) is 12.0. The summed E-state index contributed by atoms with van der Waals surface area (Å²) in [7, 11) is 0. The number of aliphatic hydroxyl groups is 2. The number of hydrogen-bond acceptors (Lipinski definition) is 4. The highest BCUT2D eigenvalue weighted by atomic mass is 16.5. The van der Waals surface area contributed by atoms with Crippen LogP contribution in [-0.4, -0.2) is 29.0 Å². The molecule has 84 valence electrons. The van der Waals surface area contributed by atoms with Gasteiger partial charge in [-0.25, -0.2) is 0 Å². The summed E-state index contributed by atoms with van der Waals surface area (Å²) in [6.45, 7) is 1.87. The molecule has 0 saturated heterocycles. The second-order valence-electron chi connectivity index (χ2n) is 3.90. The van der Waals surface area contributed by atoms with Gasteiger partial charge in [0.25, 0.3) is 0 Å². The first-order valence-corrected chi connectivity index (χ1v) is 4.80. The molecule has 4 heteroatoms. The van der Waals surface area contributed by atoms with Crippen molar-refractivity contribution in [2.45, 2.75) is 19.1 Å². The first-order valence-electron chi connectivity index (χ1n) is 4.80. The van der Waals surface area contributed by atoms with E-state index in [9.17, 15) is 0 Å². The van der Waals surface area contributed by atoms with Gasteiger partial charge in [0.15, 0.2) is 0 Å². The van der Waals surface area contributed by atoms with Crippen molar-refractivity contribution in [3.8, 4) is 5.75 Å². The van der Waals surface area contributed by atoms with Gasteiger partial charge in [-0.3, -0.25) is 0 Å². The van der Waals surface area contributed by atoms with Crippen LogP contribution in [0, 0.1) is 0 Å². The summed E-state index contributed by atoms with van der Waals surface area (Å²) < 4.78 is 5.39. The summed E-state index contributed by atoms with van der Waals surface area (Å²) >= 11 is 0. The molecule has 0 heterocycles. The van der Waals surface area contributed by atoms with Gasteiger partial charge in [0.1, 0.15) is 12.4 Å². The van der Waals surface area contributed by atoms with Crippen molar-refractivity contribution in [1.82, 2.24) is 0 Å². The molecule has 1 unspecified atom stereocenters. The second kappa shape index (κ2) is 5.11. The summed E-state index contributed by atoms with van der Waals surface area (Å²) in [6.07, 6.45) is 0. The maximum atomic E-state index is 8.92. The van der Waals surface area contributed by atoms with Gasteiger partial charge in [0.2, 0.25) is 0 Å². The smallest absolute Gasteiger partial charge is 0.119 e. The second-order valence-corrected chi connectivity index (χ2v) is 3.90. The number of rotatable bonds is 5. The molecule has 1 aromatic rings. The average molecular weight is 211 g/mol. The van der Waals surface area contributed by atoms with Gasteiger partial charge in [-0.15, -0.1) is 0 Å². The Morgan fingerprint density at radius 2 is 1.87 bits per heavy atom. The van der Waals surface area contributed by atoms with Crippen LogP contribution in [0.4, 0.5) is 0 Å². The highest BCUT2D eigenvalue weighted by molar-refractivity contribution is 5.26. The zero-order valence-corrected chi connectivity index (χ0v) is 8.81. The van der Waals surface area contributed by atoms with Crippen LogP contribution in [0.5, 0.6) is 5.75 Å². The molecule has 0 radical (unpaired) electrons. The predicted octanol–water partition coefficient (Wildman–Crippen LogP) is 0.267. The highest BCUT2D eigenvalue weighted by Crippen LogP contribution is 2.13. The van der Waals surface area contributed by atoms with E-state index < -0.39 is 5.54 Å². The molecule has 1 rings (SSSR count). The van der Waals surface area contributed by atoms with Crippen LogP contribution < -0.4 is 10.5 Å². The third-order valence-corrected chi connectivity index (χ3v) is 2.04. The minimum absolute atomic E-state index is 0.0194. The molecule has 0 spiro atoms. The molecular formula is C11H17NO3. The van der Waals surface area contributed by atoms with E-state index in [4.69, 9.17) is 20.7 Å². The van der Waals surface area contributed by atoms with Crippen LogP contribution >= 0.6 is 0 Å². The molecule has 1 atom stereocenters. The zero-order valence-electron chi connectivity index (χ0n) is 8.81. The molecule has 0 amide bonds. The lowest BCUT2D eigenvalue weighted by Gasteiger charge is -2.21. The zero-order chi connectivity index (χ0) is 11.3. The van der Waals surface area contributed by atoms with Crippen molar-refractivity contribution in [2.75, 3.05) is 13.2 Å². The van der Waals surface area contributed by atoms with Gasteiger partial charge < -0.3 is 20.7 Å². The minimum Gasteiger partial charge on any atom is -0.492 e. The van der Waals surface area contributed by atoms with E-state index in [2.05, 4.69) is 0 Å². The molecule has 4 nitrogen and oxygen atoms in total. The van der Waals surface area contributed by atoms with Crippen LogP contribution in [0.15, 0.2) is 24.3 Å². The van der Waals surface area contributed by atoms with Crippen LogP contribution in [0.25, 0.3) is 0 Å². The monoisotopic (exact) mass is 211 g/mol. The summed E-state index contributed by atoms with van der Waals surface area (Å²) in [5, 5.41) is 17.7. The van der Waals surface area contributed by atoms with E-state index >= 15 is 0 Å². The van der Waals surface area contributed by atoms with Crippen molar-refractivity contribution in [2.24, 2.45) is 5.73 Å². The van der Waals surface area contributed by atoms with E-state index in [1.54, 1.807) is 31.2 Å². The Morgan fingerprint density at radius 1 is 1.27 bits per heavy atom. The number of nitrogens with two attached hydrogens (primary N) is 1. The lowest BCUT2D eigenvalue weighted by molar-refractivity contribution is 0.146. The minimum atomic E-state index is -0.727. The maximum absolute atomic E-state index is 8.92. The lowest BCUT2D eigenvalue weighted by Crippen LogP contribution is -2.45. The van der Waals surface area contributed by atoms with Gasteiger partial charge in [-0.1, -0.05) is 12.1 Å². The van der Waals surface area contributed by atoms with Crippen molar-refractivity contribution in [3.05, 3.63) is 29.8 Å². The highest BCUT2D eigenvalue weighted by Gasteiger charge is 2.17. The molecule has 4 N–H and O–H groups in total. The van der Waals surface area contributed by atoms with Crippen molar-refractivity contribution in [3.63, 3.8) is 0 Å². The van der Waals surface area contributed by atoms with Gasteiger partial charge in [0, 0.05) is 0 Å². The van der Waals surface area contributed by atoms with Crippen molar-refractivity contribution < 1.29 is 14.9 Å². The standard InChI is InChI=1S/C11H17NO3/c1-11(12,7-14)8-15-10-4-2-9(6-13)3-5-10/h2-5,13-14H,6-8,12H2,1H3. The molecule has 0 fully saturated rings. The molecule has 0 bridgehead atoms. The van der Waals surface area contributed by atoms with Crippen LogP contribution in [0.3, 0.4) is 0 Å². The quantitative estimate of drug-likeness (QED) is 0.653. The fourth-order valence-corrected chi connectivity index (χ4v) is 0.985. The summed E-state index contributed by atoms with van der Waals surface area (Å²) in [5.74, 6) is 0.678. The van der Waals surface area contributed by atoms with Crippen LogP contribution in [0.2, 0.25) is 0 Å². The van der Waals surface area contributed by atoms with E-state index in [-0.39, 0.29) is 19.8 Å². The molecule has 0 aliphatic rings. The molecule has 1 aromatic carbocycles. The predicted molar refractivity (Wildman–Crippen MR) is 57.5 cm³/mol. The molecular weight excluding hydrogens is 194 g/mol. The molecule has 0 saturated carbocycles. The van der Waals surface area contributed by atoms with E-state index in [0.29, 0.717) is 5.75 Å². The SMILES string of the molecule is CC(N)(CO)COc1ccc(CO)cc1. The Balaban J connectivity index is 2.51. The Kier molecular flexibility index (Phi) is 4.08. The Labute approximate surface area is 89.3 Å². The topological polar surface area (TPSA) is 75.7 Å². The molecule has 15 heavy (non-hydrogen) atoms. The van der Waals surface area contributed by atoms with Gasteiger partial charge in [-0.05, 0) is 24.6 Å². The Hall–Kier alpha value is -1.10. The van der Waals surface area contributed by atoms with Crippen molar-refractivity contribution in [1.29, 1.82) is 0 Å². The van der Waals surface area contributed by atoms with Crippen molar-refractivity contribution >= 4 is 0 Å². The largest absolute Gasteiger partial charge is 0.492 e. The van der Waals surface area contributed by atoms with E-state index in [0.717, 1.165) is 5.56 Å². The summed E-state index contributed by atoms with van der Waals surface area (Å²) in [6, 6.07) is 7.09. The van der Waals surface area contributed by atoms with Gasteiger partial charge in [0.05, 0.1) is 18.8 Å².